The van der Waals surface area contributed by atoms with E-state index in [4.69, 9.17) is 0 Å². The van der Waals surface area contributed by atoms with Crippen LogP contribution in [0.25, 0.3) is 0 Å². The van der Waals surface area contributed by atoms with E-state index in [2.05, 4.69) is 5.32 Å². The van der Waals surface area contributed by atoms with Gasteiger partial charge in [0.1, 0.15) is 0 Å². The van der Waals surface area contributed by atoms with E-state index in [1.807, 2.05) is 4.90 Å². The lowest BCUT2D eigenvalue weighted by atomic mass is 10.1. The molecule has 1 aromatic carbocycles. The summed E-state index contributed by atoms with van der Waals surface area (Å²) in [5.41, 5.74) is 0.143. The quantitative estimate of drug-likeness (QED) is 0.889. The van der Waals surface area contributed by atoms with Crippen molar-refractivity contribution in [3.8, 4) is 0 Å². The SMILES string of the molecule is O=C(CN1CCN(C(=O)c2cccc(C(F)F)c2)CC1)NC1CC1. The van der Waals surface area contributed by atoms with E-state index in [1.165, 1.54) is 18.2 Å². The molecule has 0 atom stereocenters. The number of amides is 2. The molecule has 7 heteroatoms. The Morgan fingerprint density at radius 1 is 1.17 bits per heavy atom. The van der Waals surface area contributed by atoms with Crippen molar-refractivity contribution in [2.24, 2.45) is 0 Å². The molecule has 2 fully saturated rings. The number of piperazine rings is 1. The van der Waals surface area contributed by atoms with Gasteiger partial charge in [0.2, 0.25) is 5.91 Å². The Hall–Kier alpha value is -2.02. The fourth-order valence-electron chi connectivity index (χ4n) is 2.80. The first kappa shape index (κ1) is 16.8. The van der Waals surface area contributed by atoms with Crippen LogP contribution in [0.4, 0.5) is 8.78 Å². The van der Waals surface area contributed by atoms with Crippen LogP contribution in [0.15, 0.2) is 24.3 Å². The van der Waals surface area contributed by atoms with E-state index >= 15 is 0 Å². The van der Waals surface area contributed by atoms with Gasteiger partial charge in [-0.05, 0) is 25.0 Å². The van der Waals surface area contributed by atoms with Crippen LogP contribution in [-0.4, -0.2) is 60.4 Å². The molecule has 0 bridgehead atoms. The van der Waals surface area contributed by atoms with Gasteiger partial charge in [0.05, 0.1) is 6.54 Å². The molecule has 0 aromatic heterocycles. The summed E-state index contributed by atoms with van der Waals surface area (Å²) in [6.45, 7) is 2.55. The summed E-state index contributed by atoms with van der Waals surface area (Å²) >= 11 is 0. The van der Waals surface area contributed by atoms with Gasteiger partial charge in [-0.1, -0.05) is 12.1 Å². The second-order valence-electron chi connectivity index (χ2n) is 6.34. The summed E-state index contributed by atoms with van der Waals surface area (Å²) in [5, 5.41) is 2.95. The van der Waals surface area contributed by atoms with E-state index in [0.717, 1.165) is 12.8 Å². The number of carbonyl (C=O) groups excluding carboxylic acids is 2. The van der Waals surface area contributed by atoms with Crippen molar-refractivity contribution < 1.29 is 18.4 Å². The van der Waals surface area contributed by atoms with Crippen molar-refractivity contribution in [1.29, 1.82) is 0 Å². The van der Waals surface area contributed by atoms with Gasteiger partial charge >= 0.3 is 0 Å². The molecule has 0 unspecified atom stereocenters. The van der Waals surface area contributed by atoms with Crippen molar-refractivity contribution in [1.82, 2.24) is 15.1 Å². The lowest BCUT2D eigenvalue weighted by molar-refractivity contribution is -0.122. The third-order valence-corrected chi connectivity index (χ3v) is 4.35. The molecule has 1 aliphatic carbocycles. The number of halogens is 2. The van der Waals surface area contributed by atoms with E-state index in [1.54, 1.807) is 11.0 Å². The number of nitrogens with zero attached hydrogens (tertiary/aromatic N) is 2. The van der Waals surface area contributed by atoms with E-state index in [-0.39, 0.29) is 22.9 Å². The van der Waals surface area contributed by atoms with Crippen LogP contribution in [0.5, 0.6) is 0 Å². The fourth-order valence-corrected chi connectivity index (χ4v) is 2.80. The Kier molecular flexibility index (Phi) is 5.08. The van der Waals surface area contributed by atoms with Crippen molar-refractivity contribution >= 4 is 11.8 Å². The minimum absolute atomic E-state index is 0.0295. The number of alkyl halides is 2. The first-order valence-corrected chi connectivity index (χ1v) is 8.22. The average Bonchev–Trinajstić information content (AvgIpc) is 3.39. The summed E-state index contributed by atoms with van der Waals surface area (Å²) in [5.74, 6) is -0.207. The van der Waals surface area contributed by atoms with Gasteiger partial charge in [0, 0.05) is 43.3 Å². The maximum atomic E-state index is 12.8. The first-order valence-electron chi connectivity index (χ1n) is 8.22. The molecule has 2 amide bonds. The van der Waals surface area contributed by atoms with Crippen molar-refractivity contribution in [2.45, 2.75) is 25.3 Å². The molecule has 0 radical (unpaired) electrons. The monoisotopic (exact) mass is 337 g/mol. The third-order valence-electron chi connectivity index (χ3n) is 4.35. The van der Waals surface area contributed by atoms with Crippen LogP contribution in [0.1, 0.15) is 35.2 Å². The number of rotatable bonds is 5. The molecule has 1 aliphatic heterocycles. The highest BCUT2D eigenvalue weighted by Crippen LogP contribution is 2.21. The lowest BCUT2D eigenvalue weighted by Gasteiger charge is -2.34. The summed E-state index contributed by atoms with van der Waals surface area (Å²) in [6, 6.07) is 5.96. The van der Waals surface area contributed by atoms with Gasteiger partial charge in [0.25, 0.3) is 12.3 Å². The Balaban J connectivity index is 1.51. The van der Waals surface area contributed by atoms with Gasteiger partial charge in [-0.2, -0.15) is 0 Å². The van der Waals surface area contributed by atoms with Crippen LogP contribution in [0.3, 0.4) is 0 Å². The molecule has 5 nitrogen and oxygen atoms in total. The van der Waals surface area contributed by atoms with Gasteiger partial charge in [-0.25, -0.2) is 8.78 Å². The Labute approximate surface area is 139 Å². The maximum Gasteiger partial charge on any atom is 0.263 e. The number of hydrogen-bond donors (Lipinski definition) is 1. The molecule has 0 spiro atoms. The molecule has 130 valence electrons. The second kappa shape index (κ2) is 7.25. The van der Waals surface area contributed by atoms with Crippen LogP contribution in [0, 0.1) is 0 Å². The topological polar surface area (TPSA) is 52.7 Å². The molecule has 3 rings (SSSR count). The second-order valence-corrected chi connectivity index (χ2v) is 6.34. The van der Waals surface area contributed by atoms with Gasteiger partial charge in [0.15, 0.2) is 0 Å². The van der Waals surface area contributed by atoms with Gasteiger partial charge in [-0.15, -0.1) is 0 Å². The molecule has 2 aliphatic rings. The highest BCUT2D eigenvalue weighted by molar-refractivity contribution is 5.94. The lowest BCUT2D eigenvalue weighted by Crippen LogP contribution is -2.51. The van der Waals surface area contributed by atoms with Gasteiger partial charge < -0.3 is 10.2 Å². The van der Waals surface area contributed by atoms with E-state index in [0.29, 0.717) is 38.8 Å². The highest BCUT2D eigenvalue weighted by atomic mass is 19.3. The molecule has 1 saturated heterocycles. The van der Waals surface area contributed by atoms with Crippen LogP contribution >= 0.6 is 0 Å². The molecule has 24 heavy (non-hydrogen) atoms. The standard InChI is InChI=1S/C17H21F2N3O2/c18-16(19)12-2-1-3-13(10-12)17(24)22-8-6-21(7-9-22)11-15(23)20-14-4-5-14/h1-3,10,14,16H,4-9,11H2,(H,20,23). The highest BCUT2D eigenvalue weighted by Gasteiger charge is 2.26. The molecular formula is C17H21F2N3O2. The van der Waals surface area contributed by atoms with Crippen molar-refractivity contribution in [3.05, 3.63) is 35.4 Å². The Bertz CT molecular complexity index is 612. The first-order chi connectivity index (χ1) is 11.5. The Morgan fingerprint density at radius 2 is 1.88 bits per heavy atom. The summed E-state index contributed by atoms with van der Waals surface area (Å²) in [6.07, 6.45) is -0.461. The summed E-state index contributed by atoms with van der Waals surface area (Å²) in [7, 11) is 0. The van der Waals surface area contributed by atoms with Crippen LogP contribution in [0.2, 0.25) is 0 Å². The number of nitrogens with one attached hydrogen (secondary N) is 1. The number of benzene rings is 1. The predicted molar refractivity (Wildman–Crippen MR) is 84.9 cm³/mol. The Morgan fingerprint density at radius 3 is 2.50 bits per heavy atom. The van der Waals surface area contributed by atoms with Crippen molar-refractivity contribution in [2.75, 3.05) is 32.7 Å². The van der Waals surface area contributed by atoms with Gasteiger partial charge in [-0.3, -0.25) is 14.5 Å². The molecule has 1 N–H and O–H groups in total. The zero-order valence-corrected chi connectivity index (χ0v) is 13.4. The molecule has 1 aromatic rings. The minimum Gasteiger partial charge on any atom is -0.352 e. The summed E-state index contributed by atoms with van der Waals surface area (Å²) < 4.78 is 25.5. The minimum atomic E-state index is -2.58. The predicted octanol–water partition coefficient (Wildman–Crippen LogP) is 1.66. The normalized spacial score (nSPS) is 18.7. The number of carbonyl (C=O) groups is 2. The van der Waals surface area contributed by atoms with E-state index in [9.17, 15) is 18.4 Å². The average molecular weight is 337 g/mol. The summed E-state index contributed by atoms with van der Waals surface area (Å²) in [4.78, 5) is 27.9. The third kappa shape index (κ3) is 4.29. The van der Waals surface area contributed by atoms with Crippen molar-refractivity contribution in [3.63, 3.8) is 0 Å². The molecule has 1 saturated carbocycles. The smallest absolute Gasteiger partial charge is 0.263 e. The van der Waals surface area contributed by atoms with Crippen LogP contribution < -0.4 is 5.32 Å². The fraction of sp³-hybridized carbons (Fsp3) is 0.529. The molecular weight excluding hydrogens is 316 g/mol. The number of hydrogen-bond acceptors (Lipinski definition) is 3. The van der Waals surface area contributed by atoms with Crippen LogP contribution in [-0.2, 0) is 4.79 Å². The zero-order valence-electron chi connectivity index (χ0n) is 13.4. The molecule has 1 heterocycles. The zero-order chi connectivity index (χ0) is 17.1. The maximum absolute atomic E-state index is 12.8. The largest absolute Gasteiger partial charge is 0.352 e. The van der Waals surface area contributed by atoms with E-state index < -0.39 is 6.43 Å².